The predicted molar refractivity (Wildman–Crippen MR) is 95.7 cm³/mol. The average Bonchev–Trinajstić information content (AvgIpc) is 2.56. The van der Waals surface area contributed by atoms with Gasteiger partial charge in [-0.1, -0.05) is 23.8 Å². The number of nitrogens with one attached hydrogen (secondary N) is 1. The quantitative estimate of drug-likeness (QED) is 0.847. The van der Waals surface area contributed by atoms with Gasteiger partial charge in [-0.3, -0.25) is 4.79 Å². The van der Waals surface area contributed by atoms with Crippen molar-refractivity contribution < 1.29 is 14.3 Å². The van der Waals surface area contributed by atoms with Crippen molar-refractivity contribution in [3.05, 3.63) is 59.2 Å². The molecule has 1 atom stereocenters. The first-order chi connectivity index (χ1) is 11.5. The van der Waals surface area contributed by atoms with Crippen LogP contribution >= 0.6 is 0 Å². The van der Waals surface area contributed by atoms with E-state index < -0.39 is 0 Å². The van der Waals surface area contributed by atoms with Gasteiger partial charge in [-0.15, -0.1) is 0 Å². The molecule has 1 unspecified atom stereocenters. The lowest BCUT2D eigenvalue weighted by Crippen LogP contribution is -2.37. The van der Waals surface area contributed by atoms with Gasteiger partial charge >= 0.3 is 0 Å². The Morgan fingerprint density at radius 1 is 1.08 bits per heavy atom. The molecular formula is C20H25NO3. The van der Waals surface area contributed by atoms with Crippen LogP contribution in [0.4, 0.5) is 0 Å². The summed E-state index contributed by atoms with van der Waals surface area (Å²) in [6.45, 7) is 6.44. The Hall–Kier alpha value is -2.49. The minimum absolute atomic E-state index is 0.00721. The molecule has 0 saturated carbocycles. The van der Waals surface area contributed by atoms with Crippen molar-refractivity contribution in [1.82, 2.24) is 5.32 Å². The Kier molecular flexibility index (Phi) is 6.24. The van der Waals surface area contributed by atoms with Gasteiger partial charge in [0, 0.05) is 0 Å². The van der Waals surface area contributed by atoms with Crippen molar-refractivity contribution >= 4 is 5.91 Å². The molecule has 0 aliphatic rings. The van der Waals surface area contributed by atoms with Crippen molar-refractivity contribution in [3.8, 4) is 11.5 Å². The van der Waals surface area contributed by atoms with E-state index in [4.69, 9.17) is 9.47 Å². The molecule has 4 nitrogen and oxygen atoms in total. The maximum atomic E-state index is 12.2. The number of carbonyl (C=O) groups excluding carboxylic acids is 1. The monoisotopic (exact) mass is 327 g/mol. The summed E-state index contributed by atoms with van der Waals surface area (Å²) in [5.41, 5.74) is 3.41. The van der Waals surface area contributed by atoms with Gasteiger partial charge in [-0.05, 0) is 56.2 Å². The lowest BCUT2D eigenvalue weighted by atomic mass is 10.0. The number of hydrogen-bond acceptors (Lipinski definition) is 3. The van der Waals surface area contributed by atoms with E-state index in [0.717, 1.165) is 22.6 Å². The van der Waals surface area contributed by atoms with Gasteiger partial charge in [-0.2, -0.15) is 0 Å². The first-order valence-corrected chi connectivity index (χ1v) is 8.10. The van der Waals surface area contributed by atoms with Crippen molar-refractivity contribution in [2.45, 2.75) is 33.2 Å². The van der Waals surface area contributed by atoms with E-state index in [-0.39, 0.29) is 11.9 Å². The van der Waals surface area contributed by atoms with Crippen LogP contribution in [0.5, 0.6) is 11.5 Å². The summed E-state index contributed by atoms with van der Waals surface area (Å²) in [6, 6.07) is 13.5. The Labute approximate surface area is 143 Å². The molecule has 0 heterocycles. The largest absolute Gasteiger partial charge is 0.497 e. The fourth-order valence-corrected chi connectivity index (χ4v) is 2.48. The SMILES string of the molecule is COc1ccc(OCC(C)NC(=O)Cc2ccc(C)cc2C)cc1. The van der Waals surface area contributed by atoms with Gasteiger partial charge < -0.3 is 14.8 Å². The summed E-state index contributed by atoms with van der Waals surface area (Å²) in [4.78, 5) is 12.2. The van der Waals surface area contributed by atoms with Crippen LogP contribution in [0.15, 0.2) is 42.5 Å². The van der Waals surface area contributed by atoms with E-state index in [1.807, 2.05) is 50.2 Å². The summed E-state index contributed by atoms with van der Waals surface area (Å²) in [5, 5.41) is 2.97. The summed E-state index contributed by atoms with van der Waals surface area (Å²) < 4.78 is 10.8. The first kappa shape index (κ1) is 17.9. The second-order valence-corrected chi connectivity index (χ2v) is 6.06. The third-order valence-electron chi connectivity index (χ3n) is 3.82. The average molecular weight is 327 g/mol. The minimum Gasteiger partial charge on any atom is -0.497 e. The van der Waals surface area contributed by atoms with Crippen LogP contribution < -0.4 is 14.8 Å². The van der Waals surface area contributed by atoms with Crippen LogP contribution in [0.2, 0.25) is 0 Å². The number of carbonyl (C=O) groups is 1. The molecule has 2 aromatic carbocycles. The van der Waals surface area contributed by atoms with Crippen molar-refractivity contribution in [3.63, 3.8) is 0 Å². The molecule has 0 bridgehead atoms. The van der Waals surface area contributed by atoms with Crippen LogP contribution in [0.3, 0.4) is 0 Å². The van der Waals surface area contributed by atoms with Crippen LogP contribution in [0, 0.1) is 13.8 Å². The molecule has 0 radical (unpaired) electrons. The highest BCUT2D eigenvalue weighted by molar-refractivity contribution is 5.79. The predicted octanol–water partition coefficient (Wildman–Crippen LogP) is 3.44. The number of aryl methyl sites for hydroxylation is 2. The minimum atomic E-state index is -0.0645. The molecule has 24 heavy (non-hydrogen) atoms. The van der Waals surface area contributed by atoms with E-state index in [1.165, 1.54) is 5.56 Å². The zero-order chi connectivity index (χ0) is 17.5. The fourth-order valence-electron chi connectivity index (χ4n) is 2.48. The first-order valence-electron chi connectivity index (χ1n) is 8.10. The van der Waals surface area contributed by atoms with E-state index in [2.05, 4.69) is 18.3 Å². The molecule has 1 N–H and O–H groups in total. The summed E-state index contributed by atoms with van der Waals surface area (Å²) in [7, 11) is 1.63. The number of rotatable bonds is 7. The standard InChI is InChI=1S/C20H25NO3/c1-14-5-6-17(15(2)11-14)12-20(22)21-16(3)13-24-19-9-7-18(23-4)8-10-19/h5-11,16H,12-13H2,1-4H3,(H,21,22). The molecule has 0 aliphatic carbocycles. The highest BCUT2D eigenvalue weighted by Crippen LogP contribution is 2.17. The molecule has 1 amide bonds. The number of methoxy groups -OCH3 is 1. The Morgan fingerprint density at radius 2 is 1.75 bits per heavy atom. The van der Waals surface area contributed by atoms with Crippen LogP contribution in [0.25, 0.3) is 0 Å². The summed E-state index contributed by atoms with van der Waals surface area (Å²) >= 11 is 0. The highest BCUT2D eigenvalue weighted by atomic mass is 16.5. The molecule has 128 valence electrons. The number of benzene rings is 2. The van der Waals surface area contributed by atoms with Gasteiger partial charge in [0.25, 0.3) is 0 Å². The zero-order valence-corrected chi connectivity index (χ0v) is 14.8. The third-order valence-corrected chi connectivity index (χ3v) is 3.82. The van der Waals surface area contributed by atoms with Crippen LogP contribution in [-0.4, -0.2) is 25.7 Å². The highest BCUT2D eigenvalue weighted by Gasteiger charge is 2.10. The molecule has 2 rings (SSSR count). The van der Waals surface area contributed by atoms with Crippen molar-refractivity contribution in [2.24, 2.45) is 0 Å². The maximum Gasteiger partial charge on any atom is 0.224 e. The van der Waals surface area contributed by atoms with E-state index in [9.17, 15) is 4.79 Å². The lowest BCUT2D eigenvalue weighted by molar-refractivity contribution is -0.121. The van der Waals surface area contributed by atoms with Gasteiger partial charge in [0.15, 0.2) is 0 Å². The number of amides is 1. The lowest BCUT2D eigenvalue weighted by Gasteiger charge is -2.16. The van der Waals surface area contributed by atoms with Crippen molar-refractivity contribution in [1.29, 1.82) is 0 Å². The molecule has 4 heteroatoms. The summed E-state index contributed by atoms with van der Waals surface area (Å²) in [5.74, 6) is 1.55. The van der Waals surface area contributed by atoms with Crippen LogP contribution in [-0.2, 0) is 11.2 Å². The van der Waals surface area contributed by atoms with Crippen LogP contribution in [0.1, 0.15) is 23.6 Å². The number of hydrogen-bond donors (Lipinski definition) is 1. The third kappa shape index (κ3) is 5.30. The Morgan fingerprint density at radius 3 is 2.38 bits per heavy atom. The molecule has 0 fully saturated rings. The van der Waals surface area contributed by atoms with Crippen molar-refractivity contribution in [2.75, 3.05) is 13.7 Å². The Bertz CT molecular complexity index is 680. The van der Waals surface area contributed by atoms with E-state index in [1.54, 1.807) is 7.11 Å². The second kappa shape index (κ2) is 8.39. The fraction of sp³-hybridized carbons (Fsp3) is 0.350. The topological polar surface area (TPSA) is 47.6 Å². The molecule has 0 aromatic heterocycles. The summed E-state index contributed by atoms with van der Waals surface area (Å²) in [6.07, 6.45) is 0.388. The maximum absolute atomic E-state index is 12.2. The number of ether oxygens (including phenoxy) is 2. The normalized spacial score (nSPS) is 11.7. The van der Waals surface area contributed by atoms with Gasteiger partial charge in [0.2, 0.25) is 5.91 Å². The smallest absolute Gasteiger partial charge is 0.224 e. The zero-order valence-electron chi connectivity index (χ0n) is 14.8. The molecule has 0 aliphatic heterocycles. The molecule has 2 aromatic rings. The molecular weight excluding hydrogens is 302 g/mol. The second-order valence-electron chi connectivity index (χ2n) is 6.06. The van der Waals surface area contributed by atoms with Gasteiger partial charge in [-0.25, -0.2) is 0 Å². The molecule has 0 saturated heterocycles. The van der Waals surface area contributed by atoms with E-state index >= 15 is 0 Å². The van der Waals surface area contributed by atoms with Gasteiger partial charge in [0.1, 0.15) is 18.1 Å². The molecule has 0 spiro atoms. The Balaban J connectivity index is 1.80. The van der Waals surface area contributed by atoms with E-state index in [0.29, 0.717) is 13.0 Å². The van der Waals surface area contributed by atoms with Gasteiger partial charge in [0.05, 0.1) is 19.6 Å².